The van der Waals surface area contributed by atoms with Gasteiger partial charge in [-0.15, -0.1) is 17.5 Å². The van der Waals surface area contributed by atoms with Crippen LogP contribution >= 0.6 is 12.4 Å². The first-order chi connectivity index (χ1) is 12.8. The van der Waals surface area contributed by atoms with Crippen molar-refractivity contribution in [2.75, 3.05) is 18.4 Å². The number of fused-ring (bicyclic) bond motifs is 2. The van der Waals surface area contributed by atoms with Crippen molar-refractivity contribution in [2.45, 2.75) is 32.0 Å². The Balaban J connectivity index is 0.00000225. The smallest absolute Gasteiger partial charge is 0.388 e. The van der Waals surface area contributed by atoms with Gasteiger partial charge in [0.1, 0.15) is 0 Å². The van der Waals surface area contributed by atoms with Crippen LogP contribution in [0.4, 0.5) is 18.9 Å². The second kappa shape index (κ2) is 7.79. The van der Waals surface area contributed by atoms with E-state index in [9.17, 15) is 18.0 Å². The molecule has 6 nitrogen and oxygen atoms in total. The highest BCUT2D eigenvalue weighted by atomic mass is 35.5. The maximum absolute atomic E-state index is 13.5. The summed E-state index contributed by atoms with van der Waals surface area (Å²) in [7, 11) is 0. The summed E-state index contributed by atoms with van der Waals surface area (Å²) in [5.74, 6) is 0.506. The van der Waals surface area contributed by atoms with E-state index in [1.165, 1.54) is 12.1 Å². The molecule has 2 aromatic rings. The van der Waals surface area contributed by atoms with Crippen LogP contribution in [0.2, 0.25) is 0 Å². The SMILES string of the molecule is C[C@H](Nc1cc(-c2n[nH]c(=O)o2)ccc1C(F)(F)F)[C@H]1[C@@H]2CC[C@H]1CNC2.Cl. The van der Waals surface area contributed by atoms with Crippen LogP contribution in [0.25, 0.3) is 11.5 Å². The average molecular weight is 419 g/mol. The van der Waals surface area contributed by atoms with Crippen LogP contribution in [0.1, 0.15) is 25.3 Å². The van der Waals surface area contributed by atoms with Gasteiger partial charge in [-0.25, -0.2) is 9.89 Å². The number of alkyl halides is 3. The number of aromatic amines is 1. The van der Waals surface area contributed by atoms with E-state index < -0.39 is 17.5 Å². The molecule has 0 radical (unpaired) electrons. The normalized spacial score (nSPS) is 25.2. The molecule has 4 rings (SSSR count). The van der Waals surface area contributed by atoms with E-state index in [0.29, 0.717) is 23.3 Å². The van der Waals surface area contributed by atoms with Gasteiger partial charge in [0, 0.05) is 17.3 Å². The fraction of sp³-hybridized carbons (Fsp3) is 0.556. The fourth-order valence-electron chi connectivity index (χ4n) is 4.68. The Morgan fingerprint density at radius 3 is 2.50 bits per heavy atom. The zero-order valence-electron chi connectivity index (χ0n) is 15.2. The van der Waals surface area contributed by atoms with Crippen molar-refractivity contribution in [1.82, 2.24) is 15.5 Å². The average Bonchev–Trinajstić information content (AvgIpc) is 3.14. The Morgan fingerprint density at radius 2 is 1.93 bits per heavy atom. The topological polar surface area (TPSA) is 83.0 Å². The van der Waals surface area contributed by atoms with Gasteiger partial charge in [-0.1, -0.05) is 0 Å². The number of benzene rings is 1. The summed E-state index contributed by atoms with van der Waals surface area (Å²) in [4.78, 5) is 11.2. The van der Waals surface area contributed by atoms with E-state index in [1.807, 2.05) is 6.92 Å². The summed E-state index contributed by atoms with van der Waals surface area (Å²) in [6, 6.07) is 3.50. The first-order valence-electron chi connectivity index (χ1n) is 9.07. The lowest BCUT2D eigenvalue weighted by Gasteiger charge is -2.36. The molecule has 2 fully saturated rings. The number of halogens is 4. The van der Waals surface area contributed by atoms with E-state index in [4.69, 9.17) is 4.42 Å². The van der Waals surface area contributed by atoms with E-state index >= 15 is 0 Å². The number of aromatic nitrogens is 2. The van der Waals surface area contributed by atoms with Crippen LogP contribution in [-0.4, -0.2) is 29.3 Å². The minimum atomic E-state index is -4.49. The van der Waals surface area contributed by atoms with Gasteiger partial charge >= 0.3 is 11.9 Å². The molecular formula is C18H22ClF3N4O2. The maximum Gasteiger partial charge on any atom is 0.434 e. The lowest BCUT2D eigenvalue weighted by Crippen LogP contribution is -2.45. The molecule has 4 atom stereocenters. The third kappa shape index (κ3) is 3.91. The number of nitrogens with zero attached hydrogens (tertiary/aromatic N) is 1. The molecule has 3 N–H and O–H groups in total. The molecule has 1 saturated carbocycles. The molecule has 1 aliphatic carbocycles. The molecule has 2 heterocycles. The first kappa shape index (κ1) is 20.7. The fourth-order valence-corrected chi connectivity index (χ4v) is 4.68. The van der Waals surface area contributed by atoms with Gasteiger partial charge in [0.2, 0.25) is 5.89 Å². The number of hydrogen-bond acceptors (Lipinski definition) is 5. The number of nitrogens with one attached hydrogen (secondary N) is 3. The lowest BCUT2D eigenvalue weighted by molar-refractivity contribution is -0.137. The van der Waals surface area contributed by atoms with Crippen molar-refractivity contribution in [1.29, 1.82) is 0 Å². The van der Waals surface area contributed by atoms with Crippen molar-refractivity contribution in [3.8, 4) is 11.5 Å². The molecule has 2 aliphatic rings. The largest absolute Gasteiger partial charge is 0.434 e. The zero-order chi connectivity index (χ0) is 19.2. The molecule has 1 aromatic heterocycles. The third-order valence-corrected chi connectivity index (χ3v) is 5.78. The number of hydrogen-bond donors (Lipinski definition) is 3. The second-order valence-electron chi connectivity index (χ2n) is 7.44. The molecule has 1 aromatic carbocycles. The Labute approximate surface area is 165 Å². The van der Waals surface area contributed by atoms with Gasteiger partial charge in [-0.2, -0.15) is 13.2 Å². The van der Waals surface area contributed by atoms with Crippen LogP contribution in [0.3, 0.4) is 0 Å². The van der Waals surface area contributed by atoms with Gasteiger partial charge in [-0.05, 0) is 68.8 Å². The highest BCUT2D eigenvalue weighted by Crippen LogP contribution is 2.43. The molecule has 1 aliphatic heterocycles. The van der Waals surface area contributed by atoms with Gasteiger partial charge < -0.3 is 15.1 Å². The Bertz CT molecular complexity index is 866. The molecule has 28 heavy (non-hydrogen) atoms. The van der Waals surface area contributed by atoms with Crippen LogP contribution in [0.15, 0.2) is 27.4 Å². The Kier molecular flexibility index (Phi) is 5.77. The number of piperidine rings is 1. The zero-order valence-corrected chi connectivity index (χ0v) is 16.0. The number of H-pyrrole nitrogens is 1. The van der Waals surface area contributed by atoms with Crippen molar-refractivity contribution >= 4 is 18.1 Å². The monoisotopic (exact) mass is 418 g/mol. The predicted molar refractivity (Wildman–Crippen MR) is 100 cm³/mol. The maximum atomic E-state index is 13.5. The van der Waals surface area contributed by atoms with E-state index in [1.54, 1.807) is 0 Å². The lowest BCUT2D eigenvalue weighted by atomic mass is 9.81. The summed E-state index contributed by atoms with van der Waals surface area (Å²) < 4.78 is 45.4. The van der Waals surface area contributed by atoms with Gasteiger partial charge in [-0.3, -0.25) is 0 Å². The highest BCUT2D eigenvalue weighted by Gasteiger charge is 2.42. The molecule has 1 saturated heterocycles. The summed E-state index contributed by atoms with van der Waals surface area (Å²) >= 11 is 0. The van der Waals surface area contributed by atoms with Gasteiger partial charge in [0.15, 0.2) is 0 Å². The van der Waals surface area contributed by atoms with E-state index in [-0.39, 0.29) is 30.0 Å². The summed E-state index contributed by atoms with van der Waals surface area (Å²) in [6.07, 6.45) is -2.27. The summed E-state index contributed by atoms with van der Waals surface area (Å²) in [5, 5.41) is 12.3. The predicted octanol–water partition coefficient (Wildman–Crippen LogP) is 3.52. The van der Waals surface area contributed by atoms with E-state index in [0.717, 1.165) is 32.0 Å². The molecule has 154 valence electrons. The van der Waals surface area contributed by atoms with Gasteiger partial charge in [0.25, 0.3) is 0 Å². The summed E-state index contributed by atoms with van der Waals surface area (Å²) in [6.45, 7) is 3.78. The van der Waals surface area contributed by atoms with Crippen molar-refractivity contribution in [3.05, 3.63) is 34.3 Å². The van der Waals surface area contributed by atoms with Crippen molar-refractivity contribution in [2.24, 2.45) is 17.8 Å². The summed E-state index contributed by atoms with van der Waals surface area (Å²) in [5.41, 5.74) is -0.447. The second-order valence-corrected chi connectivity index (χ2v) is 7.44. The Morgan fingerprint density at radius 1 is 1.25 bits per heavy atom. The molecule has 0 spiro atoms. The third-order valence-electron chi connectivity index (χ3n) is 5.78. The van der Waals surface area contributed by atoms with Crippen molar-refractivity contribution < 1.29 is 17.6 Å². The van der Waals surface area contributed by atoms with Crippen LogP contribution in [-0.2, 0) is 6.18 Å². The first-order valence-corrected chi connectivity index (χ1v) is 9.07. The highest BCUT2D eigenvalue weighted by molar-refractivity contribution is 5.85. The van der Waals surface area contributed by atoms with Gasteiger partial charge in [0.05, 0.1) is 5.56 Å². The van der Waals surface area contributed by atoms with Crippen LogP contribution < -0.4 is 16.4 Å². The van der Waals surface area contributed by atoms with Crippen LogP contribution in [0.5, 0.6) is 0 Å². The quantitative estimate of drug-likeness (QED) is 0.707. The van der Waals surface area contributed by atoms with E-state index in [2.05, 4.69) is 20.8 Å². The molecule has 0 amide bonds. The number of anilines is 1. The molecule has 0 unspecified atom stereocenters. The molecule has 2 bridgehead atoms. The van der Waals surface area contributed by atoms with Crippen LogP contribution in [0, 0.1) is 17.8 Å². The minimum absolute atomic E-state index is 0. The number of rotatable bonds is 4. The molecule has 10 heteroatoms. The standard InChI is InChI=1S/C18H21F3N4O2.ClH/c1-9(15-11-2-3-12(15)8-22-7-11)23-14-6-10(16-24-25-17(26)27-16)4-5-13(14)18(19,20)21;/h4-6,9,11-12,15,22-23H,2-3,7-8H2,1H3,(H,25,26);1H/t9-,11-,12+,15+;/m0./s1. The Hall–Kier alpha value is -2.00. The van der Waals surface area contributed by atoms with Crippen molar-refractivity contribution in [3.63, 3.8) is 0 Å². The minimum Gasteiger partial charge on any atom is -0.388 e. The molecular weight excluding hydrogens is 397 g/mol.